The summed E-state index contributed by atoms with van der Waals surface area (Å²) in [5.41, 5.74) is 0. The number of amides is 2. The highest BCUT2D eigenvalue weighted by Crippen LogP contribution is 1.82. The lowest BCUT2D eigenvalue weighted by atomic mass is 10.3. The van der Waals surface area contributed by atoms with Crippen molar-refractivity contribution in [2.45, 2.75) is 26.7 Å². The van der Waals surface area contributed by atoms with Crippen molar-refractivity contribution in [3.63, 3.8) is 0 Å². The standard InChI is InChI=1S/C10H16N2O4/c1-7(13)5-9(15)11-3-4-12-10(16)6-8(2)14/h3-6H2,1-2H3,(H,11,15)(H,12,16). The van der Waals surface area contributed by atoms with Crippen LogP contribution in [0.4, 0.5) is 0 Å². The molecule has 2 amide bonds. The van der Waals surface area contributed by atoms with Crippen molar-refractivity contribution in [3.05, 3.63) is 0 Å². The van der Waals surface area contributed by atoms with Gasteiger partial charge in [-0.05, 0) is 13.8 Å². The molecule has 6 nitrogen and oxygen atoms in total. The summed E-state index contributed by atoms with van der Waals surface area (Å²) in [6.07, 6.45) is -0.303. The third kappa shape index (κ3) is 8.86. The Labute approximate surface area is 93.8 Å². The summed E-state index contributed by atoms with van der Waals surface area (Å²) < 4.78 is 0. The molecule has 0 saturated carbocycles. The Bertz CT molecular complexity index is 269. The second kappa shape index (κ2) is 7.56. The minimum atomic E-state index is -0.367. The van der Waals surface area contributed by atoms with Crippen molar-refractivity contribution < 1.29 is 19.2 Å². The third-order valence-electron chi connectivity index (χ3n) is 1.59. The second-order valence-corrected chi connectivity index (χ2v) is 3.46. The maximum atomic E-state index is 11.0. The number of Topliss-reactive ketones (excluding diaryl/α,β-unsaturated/α-hetero) is 2. The highest BCUT2D eigenvalue weighted by Gasteiger charge is 2.05. The van der Waals surface area contributed by atoms with Crippen LogP contribution in [-0.2, 0) is 19.2 Å². The Balaban J connectivity index is 3.53. The van der Waals surface area contributed by atoms with Gasteiger partial charge in [0.2, 0.25) is 11.8 Å². The molecule has 0 saturated heterocycles. The molecular formula is C10H16N2O4. The Hall–Kier alpha value is -1.72. The molecule has 6 heteroatoms. The highest BCUT2D eigenvalue weighted by atomic mass is 16.2. The zero-order valence-electron chi connectivity index (χ0n) is 9.46. The van der Waals surface area contributed by atoms with Gasteiger partial charge in [-0.15, -0.1) is 0 Å². The summed E-state index contributed by atoms with van der Waals surface area (Å²) in [6, 6.07) is 0. The molecule has 0 rings (SSSR count). The van der Waals surface area contributed by atoms with Crippen LogP contribution in [0.25, 0.3) is 0 Å². The summed E-state index contributed by atoms with van der Waals surface area (Å²) in [7, 11) is 0. The predicted molar refractivity (Wildman–Crippen MR) is 56.6 cm³/mol. The first-order valence-electron chi connectivity index (χ1n) is 4.94. The lowest BCUT2D eigenvalue weighted by Crippen LogP contribution is -2.35. The van der Waals surface area contributed by atoms with E-state index in [0.717, 1.165) is 0 Å². The number of nitrogens with one attached hydrogen (secondary N) is 2. The first kappa shape index (κ1) is 14.3. The van der Waals surface area contributed by atoms with E-state index in [2.05, 4.69) is 10.6 Å². The average Bonchev–Trinajstić information content (AvgIpc) is 2.10. The Morgan fingerprint density at radius 3 is 1.31 bits per heavy atom. The van der Waals surface area contributed by atoms with Gasteiger partial charge in [-0.25, -0.2) is 0 Å². The van der Waals surface area contributed by atoms with E-state index in [1.165, 1.54) is 13.8 Å². The summed E-state index contributed by atoms with van der Waals surface area (Å²) >= 11 is 0. The Morgan fingerprint density at radius 1 is 0.750 bits per heavy atom. The van der Waals surface area contributed by atoms with Gasteiger partial charge in [-0.2, -0.15) is 0 Å². The van der Waals surface area contributed by atoms with Gasteiger partial charge in [0.15, 0.2) is 0 Å². The Kier molecular flexibility index (Phi) is 6.74. The topological polar surface area (TPSA) is 92.3 Å². The van der Waals surface area contributed by atoms with Gasteiger partial charge in [0.25, 0.3) is 0 Å². The second-order valence-electron chi connectivity index (χ2n) is 3.46. The molecule has 0 unspecified atom stereocenters. The Morgan fingerprint density at radius 2 is 1.06 bits per heavy atom. The maximum Gasteiger partial charge on any atom is 0.227 e. The van der Waals surface area contributed by atoms with E-state index >= 15 is 0 Å². The van der Waals surface area contributed by atoms with Gasteiger partial charge < -0.3 is 10.6 Å². The third-order valence-corrected chi connectivity index (χ3v) is 1.59. The molecule has 90 valence electrons. The number of carbonyl (C=O) groups excluding carboxylic acids is 4. The number of rotatable bonds is 7. The minimum Gasteiger partial charge on any atom is -0.354 e. The fourth-order valence-electron chi connectivity index (χ4n) is 0.981. The molecule has 0 atom stereocenters. The van der Waals surface area contributed by atoms with Gasteiger partial charge in [-0.1, -0.05) is 0 Å². The van der Waals surface area contributed by atoms with E-state index in [-0.39, 0.29) is 49.3 Å². The molecule has 0 aromatic carbocycles. The maximum absolute atomic E-state index is 11.0. The molecule has 16 heavy (non-hydrogen) atoms. The molecule has 0 bridgehead atoms. The molecule has 0 fully saturated rings. The van der Waals surface area contributed by atoms with Crippen LogP contribution < -0.4 is 10.6 Å². The van der Waals surface area contributed by atoms with E-state index in [0.29, 0.717) is 0 Å². The van der Waals surface area contributed by atoms with Crippen LogP contribution in [0, 0.1) is 0 Å². The molecule has 0 aliphatic heterocycles. The van der Waals surface area contributed by atoms with Crippen molar-refractivity contribution in [2.75, 3.05) is 13.1 Å². The van der Waals surface area contributed by atoms with Crippen molar-refractivity contribution in [2.24, 2.45) is 0 Å². The minimum absolute atomic E-state index is 0.151. The summed E-state index contributed by atoms with van der Waals surface area (Å²) in [4.78, 5) is 43.1. The van der Waals surface area contributed by atoms with Crippen molar-refractivity contribution >= 4 is 23.4 Å². The van der Waals surface area contributed by atoms with Crippen LogP contribution in [0.3, 0.4) is 0 Å². The van der Waals surface area contributed by atoms with Crippen LogP contribution >= 0.6 is 0 Å². The first-order valence-corrected chi connectivity index (χ1v) is 4.94. The number of hydrogen-bond acceptors (Lipinski definition) is 4. The molecule has 0 aliphatic carbocycles. The smallest absolute Gasteiger partial charge is 0.227 e. The fraction of sp³-hybridized carbons (Fsp3) is 0.600. The largest absolute Gasteiger partial charge is 0.354 e. The number of hydrogen-bond donors (Lipinski definition) is 2. The fourth-order valence-corrected chi connectivity index (χ4v) is 0.981. The van der Waals surface area contributed by atoms with Crippen LogP contribution in [-0.4, -0.2) is 36.5 Å². The van der Waals surface area contributed by atoms with E-state index in [4.69, 9.17) is 0 Å². The number of carbonyl (C=O) groups is 4. The van der Waals surface area contributed by atoms with E-state index < -0.39 is 0 Å². The van der Waals surface area contributed by atoms with E-state index in [1.54, 1.807) is 0 Å². The molecule has 0 spiro atoms. The molecular weight excluding hydrogens is 212 g/mol. The molecule has 0 radical (unpaired) electrons. The normalized spacial score (nSPS) is 9.38. The van der Waals surface area contributed by atoms with E-state index in [1.807, 2.05) is 0 Å². The van der Waals surface area contributed by atoms with Gasteiger partial charge in [-0.3, -0.25) is 19.2 Å². The van der Waals surface area contributed by atoms with Crippen LogP contribution in [0.1, 0.15) is 26.7 Å². The summed E-state index contributed by atoms with van der Waals surface area (Å²) in [5, 5.41) is 4.93. The zero-order valence-corrected chi connectivity index (χ0v) is 9.46. The van der Waals surface area contributed by atoms with Crippen LogP contribution in [0.2, 0.25) is 0 Å². The average molecular weight is 228 g/mol. The van der Waals surface area contributed by atoms with Gasteiger partial charge in [0.1, 0.15) is 11.6 Å². The number of ketones is 2. The SMILES string of the molecule is CC(=O)CC(=O)NCCNC(=O)CC(C)=O. The first-order chi connectivity index (χ1) is 7.41. The quantitative estimate of drug-likeness (QED) is 0.439. The van der Waals surface area contributed by atoms with Crippen molar-refractivity contribution in [3.8, 4) is 0 Å². The summed E-state index contributed by atoms with van der Waals surface area (Å²) in [5.74, 6) is -1.15. The monoisotopic (exact) mass is 228 g/mol. The molecule has 2 N–H and O–H groups in total. The van der Waals surface area contributed by atoms with E-state index in [9.17, 15) is 19.2 Å². The molecule has 0 heterocycles. The van der Waals surface area contributed by atoms with Crippen LogP contribution in [0.15, 0.2) is 0 Å². The zero-order chi connectivity index (χ0) is 12.6. The summed E-state index contributed by atoms with van der Waals surface area (Å²) in [6.45, 7) is 3.15. The van der Waals surface area contributed by atoms with Gasteiger partial charge in [0, 0.05) is 13.1 Å². The molecule has 0 aliphatic rings. The lowest BCUT2D eigenvalue weighted by molar-refractivity contribution is -0.129. The lowest BCUT2D eigenvalue weighted by Gasteiger charge is -2.05. The van der Waals surface area contributed by atoms with Crippen molar-refractivity contribution in [1.29, 1.82) is 0 Å². The predicted octanol–water partition coefficient (Wildman–Crippen LogP) is -0.823. The molecule has 0 aromatic rings. The van der Waals surface area contributed by atoms with Crippen LogP contribution in [0.5, 0.6) is 0 Å². The van der Waals surface area contributed by atoms with Gasteiger partial charge in [0.05, 0.1) is 12.8 Å². The highest BCUT2D eigenvalue weighted by molar-refractivity contribution is 5.97. The van der Waals surface area contributed by atoms with Crippen molar-refractivity contribution in [1.82, 2.24) is 10.6 Å². The van der Waals surface area contributed by atoms with Gasteiger partial charge >= 0.3 is 0 Å². The molecule has 0 aromatic heterocycles.